The molecule has 15 nitrogen and oxygen atoms in total. The standard InChI is InChI=1S/C47H61N5O10/c1-44(2,3)60-41(55)51(42(56)61-45(4,5)6)39-33-27-31(23-24-34(33)52(48-39)43(57)62-46(7,8)9)29-50-35(28-30-19-14-12-15-20-30)37-38(59-47(10,11)58-37)36(32-21-16-13-17-22-32)49(40(50)54)25-18-26-53/h12-17,19-24,27,35-38,53H,18,25-26,28-29H2,1-11H3/t35-,36?,37+,38+/m1/s1. The molecular formula is C47H61N5O10. The van der Waals surface area contributed by atoms with Gasteiger partial charge in [-0.05, 0) is 118 Å². The van der Waals surface area contributed by atoms with Crippen molar-refractivity contribution in [2.45, 2.75) is 142 Å². The van der Waals surface area contributed by atoms with Crippen LogP contribution >= 0.6 is 0 Å². The SMILES string of the molecule is CC(C)(C)OC(=O)N(C(=O)OC(C)(C)C)c1nn(C(=O)OC(C)(C)C)c2ccc(CN3C(=O)N(CCCO)C(c4ccccc4)[C@@H]4OC(C)(C)O[C@H]4[C@H]3Cc3ccccc3)cc12. The van der Waals surface area contributed by atoms with Gasteiger partial charge in [0.2, 0.25) is 0 Å². The Hall–Kier alpha value is -5.51. The molecule has 62 heavy (non-hydrogen) atoms. The van der Waals surface area contributed by atoms with Gasteiger partial charge in [0.05, 0.1) is 17.6 Å². The van der Waals surface area contributed by atoms with Crippen LogP contribution in [0.1, 0.15) is 105 Å². The minimum atomic E-state index is -1.07. The van der Waals surface area contributed by atoms with Gasteiger partial charge in [-0.25, -0.2) is 19.2 Å². The second kappa shape index (κ2) is 17.7. The second-order valence-electron chi connectivity index (χ2n) is 19.2. The van der Waals surface area contributed by atoms with Gasteiger partial charge in [-0.1, -0.05) is 66.7 Å². The highest BCUT2D eigenvalue weighted by atomic mass is 16.8. The Kier molecular flexibility index (Phi) is 13.1. The van der Waals surface area contributed by atoms with Crippen molar-refractivity contribution in [2.24, 2.45) is 0 Å². The van der Waals surface area contributed by atoms with Gasteiger partial charge in [-0.2, -0.15) is 9.58 Å². The third-order valence-corrected chi connectivity index (χ3v) is 10.1. The zero-order valence-electron chi connectivity index (χ0n) is 37.7. The molecule has 1 aromatic heterocycles. The Labute approximate surface area is 363 Å². The van der Waals surface area contributed by atoms with Gasteiger partial charge in [0.25, 0.3) is 0 Å². The summed E-state index contributed by atoms with van der Waals surface area (Å²) in [6, 6.07) is 23.2. The van der Waals surface area contributed by atoms with Crippen LogP contribution in [0.25, 0.3) is 10.9 Å². The number of amides is 4. The number of aromatic nitrogens is 2. The molecule has 0 radical (unpaired) electrons. The van der Waals surface area contributed by atoms with Crippen LogP contribution in [0, 0.1) is 0 Å². The molecule has 334 valence electrons. The molecule has 1 N–H and O–H groups in total. The normalized spacial score (nSPS) is 20.4. The lowest BCUT2D eigenvalue weighted by Crippen LogP contribution is -2.50. The van der Waals surface area contributed by atoms with E-state index < -0.39 is 65.2 Å². The third kappa shape index (κ3) is 10.7. The van der Waals surface area contributed by atoms with E-state index in [0.29, 0.717) is 23.3 Å². The molecule has 3 heterocycles. The number of rotatable bonds is 9. The highest BCUT2D eigenvalue weighted by molar-refractivity contribution is 6.14. The first-order chi connectivity index (χ1) is 28.9. The maximum Gasteiger partial charge on any atom is 0.435 e. The average Bonchev–Trinajstić information content (AvgIpc) is 3.67. The van der Waals surface area contributed by atoms with E-state index in [1.165, 1.54) is 0 Å². The van der Waals surface area contributed by atoms with Gasteiger partial charge in [-0.3, -0.25) is 0 Å². The van der Waals surface area contributed by atoms with Crippen LogP contribution in [0.5, 0.6) is 0 Å². The van der Waals surface area contributed by atoms with Crippen molar-refractivity contribution >= 4 is 41.0 Å². The number of anilines is 1. The number of carbonyl (C=O) groups is 4. The van der Waals surface area contributed by atoms with Gasteiger partial charge < -0.3 is 38.6 Å². The van der Waals surface area contributed by atoms with Crippen molar-refractivity contribution in [1.29, 1.82) is 0 Å². The molecule has 1 unspecified atom stereocenters. The number of nitrogens with zero attached hydrogens (tertiary/aromatic N) is 5. The first-order valence-corrected chi connectivity index (χ1v) is 21.1. The fourth-order valence-corrected chi connectivity index (χ4v) is 7.82. The highest BCUT2D eigenvalue weighted by Crippen LogP contribution is 2.45. The maximum absolute atomic E-state index is 15.4. The molecule has 4 amide bonds. The lowest BCUT2D eigenvalue weighted by Gasteiger charge is -2.37. The molecule has 15 heteroatoms. The summed E-state index contributed by atoms with van der Waals surface area (Å²) in [4.78, 5) is 61.4. The van der Waals surface area contributed by atoms with E-state index in [9.17, 15) is 19.5 Å². The molecular weight excluding hydrogens is 795 g/mol. The van der Waals surface area contributed by atoms with Crippen LogP contribution in [0.2, 0.25) is 0 Å². The highest BCUT2D eigenvalue weighted by Gasteiger charge is 2.56. The molecule has 4 aromatic rings. The largest absolute Gasteiger partial charge is 0.443 e. The predicted octanol–water partition coefficient (Wildman–Crippen LogP) is 8.99. The molecule has 4 atom stereocenters. The molecule has 0 spiro atoms. The predicted molar refractivity (Wildman–Crippen MR) is 233 cm³/mol. The van der Waals surface area contributed by atoms with Crippen molar-refractivity contribution in [2.75, 3.05) is 18.1 Å². The smallest absolute Gasteiger partial charge is 0.435 e. The Morgan fingerprint density at radius 2 is 1.32 bits per heavy atom. The zero-order chi connectivity index (χ0) is 45.4. The van der Waals surface area contributed by atoms with Gasteiger partial charge in [0.15, 0.2) is 11.6 Å². The van der Waals surface area contributed by atoms with E-state index in [-0.39, 0.29) is 42.4 Å². The first-order valence-electron chi connectivity index (χ1n) is 21.1. The summed E-state index contributed by atoms with van der Waals surface area (Å²) in [7, 11) is 0. The monoisotopic (exact) mass is 855 g/mol. The van der Waals surface area contributed by atoms with Crippen molar-refractivity contribution in [3.8, 4) is 0 Å². The minimum Gasteiger partial charge on any atom is -0.443 e. The Morgan fingerprint density at radius 1 is 0.758 bits per heavy atom. The number of hydrogen-bond acceptors (Lipinski definition) is 11. The van der Waals surface area contributed by atoms with Crippen molar-refractivity contribution < 1.29 is 48.0 Å². The lowest BCUT2D eigenvalue weighted by molar-refractivity contribution is -0.157. The van der Waals surface area contributed by atoms with E-state index in [4.69, 9.17) is 23.7 Å². The first kappa shape index (κ1) is 46.0. The fraction of sp³-hybridized carbons (Fsp3) is 0.511. The van der Waals surface area contributed by atoms with Crippen molar-refractivity contribution in [1.82, 2.24) is 19.6 Å². The van der Waals surface area contributed by atoms with Crippen molar-refractivity contribution in [3.05, 3.63) is 95.6 Å². The third-order valence-electron chi connectivity index (χ3n) is 10.1. The van der Waals surface area contributed by atoms with E-state index in [1.807, 2.05) is 74.5 Å². The van der Waals surface area contributed by atoms with Crippen molar-refractivity contribution in [3.63, 3.8) is 0 Å². The molecule has 2 saturated heterocycles. The fourth-order valence-electron chi connectivity index (χ4n) is 7.82. The second-order valence-corrected chi connectivity index (χ2v) is 19.2. The Balaban J connectivity index is 1.55. The van der Waals surface area contributed by atoms with Gasteiger partial charge in [0, 0.05) is 25.1 Å². The van der Waals surface area contributed by atoms with Gasteiger partial charge in [0.1, 0.15) is 29.0 Å². The summed E-state index contributed by atoms with van der Waals surface area (Å²) < 4.78 is 31.7. The van der Waals surface area contributed by atoms with Crippen LogP contribution in [0.15, 0.2) is 78.9 Å². The molecule has 2 aliphatic rings. The molecule has 6 rings (SSSR count). The van der Waals surface area contributed by atoms with Crippen LogP contribution in [0.3, 0.4) is 0 Å². The molecule has 3 aromatic carbocycles. The minimum absolute atomic E-state index is 0.0202. The van der Waals surface area contributed by atoms with Crippen LogP contribution in [-0.2, 0) is 36.6 Å². The number of hydrogen-bond donors (Lipinski definition) is 1. The number of carbonyl (C=O) groups excluding carboxylic acids is 4. The molecule has 2 fully saturated rings. The number of ether oxygens (including phenoxy) is 5. The zero-order valence-corrected chi connectivity index (χ0v) is 37.7. The van der Waals surface area contributed by atoms with E-state index in [1.54, 1.807) is 90.3 Å². The van der Waals surface area contributed by atoms with E-state index in [0.717, 1.165) is 15.8 Å². The summed E-state index contributed by atoms with van der Waals surface area (Å²) in [6.07, 6.45) is -3.46. The summed E-state index contributed by atoms with van der Waals surface area (Å²) in [5, 5.41) is 14.8. The van der Waals surface area contributed by atoms with E-state index in [2.05, 4.69) is 5.10 Å². The van der Waals surface area contributed by atoms with Crippen LogP contribution in [0.4, 0.5) is 25.0 Å². The molecule has 2 aliphatic heterocycles. The van der Waals surface area contributed by atoms with Gasteiger partial charge >= 0.3 is 24.3 Å². The van der Waals surface area contributed by atoms with Crippen LogP contribution in [-0.4, -0.2) is 103 Å². The molecule has 0 bridgehead atoms. The molecule has 0 aliphatic carbocycles. The van der Waals surface area contributed by atoms with Gasteiger partial charge in [-0.15, -0.1) is 5.10 Å². The Bertz CT molecular complexity index is 2210. The Morgan fingerprint density at radius 3 is 1.89 bits per heavy atom. The summed E-state index contributed by atoms with van der Waals surface area (Å²) in [5.74, 6) is -1.23. The average molecular weight is 856 g/mol. The number of fused-ring (bicyclic) bond motifs is 2. The topological polar surface area (TPSA) is 162 Å². The quantitative estimate of drug-likeness (QED) is 0.160. The summed E-state index contributed by atoms with van der Waals surface area (Å²) in [5.41, 5.74) is -0.317. The summed E-state index contributed by atoms with van der Waals surface area (Å²) >= 11 is 0. The number of urea groups is 1. The lowest BCUT2D eigenvalue weighted by atomic mass is 9.90. The number of aliphatic hydroxyl groups excluding tert-OH is 1. The summed E-state index contributed by atoms with van der Waals surface area (Å²) in [6.45, 7) is 19.0. The number of imide groups is 1. The van der Waals surface area contributed by atoms with E-state index >= 15 is 4.79 Å². The number of aliphatic hydroxyl groups is 1. The van der Waals surface area contributed by atoms with Crippen LogP contribution < -0.4 is 4.90 Å². The maximum atomic E-state index is 15.4. The number of benzene rings is 3. The molecule has 0 saturated carbocycles.